The predicted octanol–water partition coefficient (Wildman–Crippen LogP) is 1.54. The Labute approximate surface area is 107 Å². The van der Waals surface area contributed by atoms with Crippen LogP contribution < -0.4 is 0 Å². The van der Waals surface area contributed by atoms with E-state index in [2.05, 4.69) is 9.97 Å². The Morgan fingerprint density at radius 2 is 2.17 bits per heavy atom. The first-order chi connectivity index (χ1) is 8.50. The third-order valence-corrected chi connectivity index (χ3v) is 4.42. The molecule has 0 spiro atoms. The number of benzene rings is 1. The molecule has 0 aliphatic carbocycles. The topological polar surface area (TPSA) is 66.1 Å². The van der Waals surface area contributed by atoms with Gasteiger partial charge >= 0.3 is 0 Å². The largest absolute Gasteiger partial charge is 0.347 e. The van der Waals surface area contributed by atoms with Gasteiger partial charge in [-0.3, -0.25) is 0 Å². The van der Waals surface area contributed by atoms with E-state index in [1.165, 1.54) is 4.31 Å². The summed E-state index contributed by atoms with van der Waals surface area (Å²) in [6.07, 6.45) is 3.27. The lowest BCUT2D eigenvalue weighted by Crippen LogP contribution is -2.27. The van der Waals surface area contributed by atoms with Crippen molar-refractivity contribution in [2.45, 2.75) is 18.4 Å². The van der Waals surface area contributed by atoms with E-state index >= 15 is 0 Å². The number of aromatic nitrogens is 2. The molecular formula is C12H15N3O2S. The van der Waals surface area contributed by atoms with Gasteiger partial charge in [0.15, 0.2) is 0 Å². The monoisotopic (exact) mass is 265 g/mol. The first kappa shape index (κ1) is 12.8. The molecule has 5 nitrogen and oxygen atoms in total. The normalized spacial score (nSPS) is 11.9. The lowest BCUT2D eigenvalue weighted by molar-refractivity contribution is 0.458. The number of nitrogens with one attached hydrogen (secondary N) is 1. The fraction of sp³-hybridized carbons (Fsp3) is 0.250. The molecule has 0 bridgehead atoms. The average Bonchev–Trinajstić information content (AvgIpc) is 2.81. The highest BCUT2D eigenvalue weighted by Crippen LogP contribution is 2.16. The summed E-state index contributed by atoms with van der Waals surface area (Å²) in [7, 11) is -1.92. The Kier molecular flexibility index (Phi) is 3.49. The van der Waals surface area contributed by atoms with Crippen LogP contribution in [0.5, 0.6) is 0 Å². The molecule has 6 heteroatoms. The van der Waals surface area contributed by atoms with E-state index in [0.717, 1.165) is 5.56 Å². The van der Waals surface area contributed by atoms with Gasteiger partial charge in [0.05, 0.1) is 11.4 Å². The van der Waals surface area contributed by atoms with E-state index in [4.69, 9.17) is 0 Å². The third-order valence-electron chi connectivity index (χ3n) is 2.62. The molecule has 0 saturated carbocycles. The van der Waals surface area contributed by atoms with Crippen molar-refractivity contribution < 1.29 is 8.42 Å². The van der Waals surface area contributed by atoms with Crippen LogP contribution in [0.15, 0.2) is 41.6 Å². The molecule has 0 unspecified atom stereocenters. The summed E-state index contributed by atoms with van der Waals surface area (Å²) >= 11 is 0. The van der Waals surface area contributed by atoms with Crippen molar-refractivity contribution in [2.24, 2.45) is 0 Å². The molecule has 1 N–H and O–H groups in total. The van der Waals surface area contributed by atoms with Crippen LogP contribution in [0, 0.1) is 6.92 Å². The molecule has 2 rings (SSSR count). The number of nitrogens with zero attached hydrogens (tertiary/aromatic N) is 2. The zero-order chi connectivity index (χ0) is 13.2. The summed E-state index contributed by atoms with van der Waals surface area (Å²) in [5.41, 5.74) is 0.919. The van der Waals surface area contributed by atoms with Gasteiger partial charge in [0, 0.05) is 19.4 Å². The first-order valence-electron chi connectivity index (χ1n) is 5.51. The van der Waals surface area contributed by atoms with Crippen LogP contribution in [-0.4, -0.2) is 29.7 Å². The Morgan fingerprint density at radius 1 is 1.39 bits per heavy atom. The van der Waals surface area contributed by atoms with Crippen LogP contribution in [-0.2, 0) is 16.6 Å². The van der Waals surface area contributed by atoms with Gasteiger partial charge in [0.2, 0.25) is 10.0 Å². The minimum Gasteiger partial charge on any atom is -0.347 e. The highest BCUT2D eigenvalue weighted by atomic mass is 32.2. The zero-order valence-electron chi connectivity index (χ0n) is 10.3. The van der Waals surface area contributed by atoms with Crippen molar-refractivity contribution in [3.8, 4) is 0 Å². The maximum absolute atomic E-state index is 12.3. The zero-order valence-corrected chi connectivity index (χ0v) is 11.1. The summed E-state index contributed by atoms with van der Waals surface area (Å²) in [6, 6.07) is 6.86. The minimum atomic E-state index is -3.46. The molecule has 0 fully saturated rings. The van der Waals surface area contributed by atoms with Gasteiger partial charge in [0.25, 0.3) is 0 Å². The molecule has 0 radical (unpaired) electrons. The van der Waals surface area contributed by atoms with E-state index < -0.39 is 10.0 Å². The van der Waals surface area contributed by atoms with Crippen molar-refractivity contribution in [2.75, 3.05) is 7.05 Å². The van der Waals surface area contributed by atoms with Crippen LogP contribution in [0.2, 0.25) is 0 Å². The fourth-order valence-electron chi connectivity index (χ4n) is 1.64. The molecule has 0 aliphatic heterocycles. The van der Waals surface area contributed by atoms with Crippen molar-refractivity contribution in [1.29, 1.82) is 0 Å². The molecule has 0 atom stereocenters. The summed E-state index contributed by atoms with van der Waals surface area (Å²) < 4.78 is 25.9. The predicted molar refractivity (Wildman–Crippen MR) is 68.4 cm³/mol. The van der Waals surface area contributed by atoms with E-state index in [-0.39, 0.29) is 6.54 Å². The Morgan fingerprint density at radius 3 is 2.78 bits per heavy atom. The van der Waals surface area contributed by atoms with Gasteiger partial charge in [-0.25, -0.2) is 13.4 Å². The van der Waals surface area contributed by atoms with Gasteiger partial charge in [-0.1, -0.05) is 12.1 Å². The van der Waals surface area contributed by atoms with Gasteiger partial charge in [-0.05, 0) is 24.6 Å². The number of sulfonamides is 1. The number of hydrogen-bond donors (Lipinski definition) is 1. The number of hydrogen-bond acceptors (Lipinski definition) is 3. The Bertz CT molecular complexity index is 621. The highest BCUT2D eigenvalue weighted by molar-refractivity contribution is 7.89. The van der Waals surface area contributed by atoms with Gasteiger partial charge in [0.1, 0.15) is 5.82 Å². The molecule has 1 heterocycles. The molecule has 2 aromatic rings. The second kappa shape index (κ2) is 4.91. The Balaban J connectivity index is 2.25. The second-order valence-electron chi connectivity index (χ2n) is 4.11. The number of H-pyrrole nitrogens is 1. The minimum absolute atomic E-state index is 0.225. The molecule has 1 aromatic heterocycles. The maximum Gasteiger partial charge on any atom is 0.243 e. The molecule has 0 amide bonds. The van der Waals surface area contributed by atoms with Gasteiger partial charge in [-0.15, -0.1) is 0 Å². The van der Waals surface area contributed by atoms with Gasteiger partial charge < -0.3 is 4.98 Å². The van der Waals surface area contributed by atoms with Crippen LogP contribution in [0.25, 0.3) is 0 Å². The quantitative estimate of drug-likeness (QED) is 0.912. The Hall–Kier alpha value is -1.66. The number of aryl methyl sites for hydroxylation is 1. The summed E-state index contributed by atoms with van der Waals surface area (Å²) in [5, 5.41) is 0. The third kappa shape index (κ3) is 2.60. The molecule has 1 aromatic carbocycles. The SMILES string of the molecule is Cc1cccc(S(=O)(=O)N(C)Cc2ncc[nH]2)c1. The van der Waals surface area contributed by atoms with Crippen LogP contribution in [0.3, 0.4) is 0 Å². The smallest absolute Gasteiger partial charge is 0.243 e. The number of imidazole rings is 1. The molecule has 96 valence electrons. The number of aromatic amines is 1. The van der Waals surface area contributed by atoms with Crippen molar-refractivity contribution in [1.82, 2.24) is 14.3 Å². The molecule has 18 heavy (non-hydrogen) atoms. The standard InChI is InChI=1S/C12H15N3O2S/c1-10-4-3-5-11(8-10)18(16,17)15(2)9-12-13-6-7-14-12/h3-8H,9H2,1-2H3,(H,13,14). The van der Waals surface area contributed by atoms with E-state index in [1.807, 2.05) is 13.0 Å². The van der Waals surface area contributed by atoms with E-state index in [1.54, 1.807) is 37.6 Å². The first-order valence-corrected chi connectivity index (χ1v) is 6.95. The van der Waals surface area contributed by atoms with Crippen molar-refractivity contribution in [3.63, 3.8) is 0 Å². The highest BCUT2D eigenvalue weighted by Gasteiger charge is 2.21. The summed E-state index contributed by atoms with van der Waals surface area (Å²) in [4.78, 5) is 7.21. The van der Waals surface area contributed by atoms with E-state index in [9.17, 15) is 8.42 Å². The lowest BCUT2D eigenvalue weighted by atomic mass is 10.2. The second-order valence-corrected chi connectivity index (χ2v) is 6.16. The van der Waals surface area contributed by atoms with E-state index in [0.29, 0.717) is 10.7 Å². The molecule has 0 saturated heterocycles. The van der Waals surface area contributed by atoms with Crippen molar-refractivity contribution >= 4 is 10.0 Å². The van der Waals surface area contributed by atoms with Crippen molar-refractivity contribution in [3.05, 3.63) is 48.0 Å². The molecule has 0 aliphatic rings. The molecular weight excluding hydrogens is 250 g/mol. The average molecular weight is 265 g/mol. The maximum atomic E-state index is 12.3. The summed E-state index contributed by atoms with van der Waals surface area (Å²) in [5.74, 6) is 0.619. The van der Waals surface area contributed by atoms with Gasteiger partial charge in [-0.2, -0.15) is 4.31 Å². The van der Waals surface area contributed by atoms with Crippen LogP contribution in [0.4, 0.5) is 0 Å². The number of rotatable bonds is 4. The van der Waals surface area contributed by atoms with Crippen LogP contribution >= 0.6 is 0 Å². The van der Waals surface area contributed by atoms with Crippen LogP contribution in [0.1, 0.15) is 11.4 Å². The fourth-order valence-corrected chi connectivity index (χ4v) is 2.87. The summed E-state index contributed by atoms with van der Waals surface area (Å²) in [6.45, 7) is 2.09. The lowest BCUT2D eigenvalue weighted by Gasteiger charge is -2.16.